The number of nitrogens with zero attached hydrogens (tertiary/aromatic N) is 2. The number of rotatable bonds is 2. The van der Waals surface area contributed by atoms with Crippen LogP contribution in [0.15, 0.2) is 17.3 Å². The van der Waals surface area contributed by atoms with Crippen molar-refractivity contribution < 1.29 is 4.79 Å². The van der Waals surface area contributed by atoms with Gasteiger partial charge in [-0.15, -0.1) is 0 Å². The monoisotopic (exact) mass is 303 g/mol. The van der Waals surface area contributed by atoms with Crippen LogP contribution in [0.4, 0.5) is 5.82 Å². The lowest BCUT2D eigenvalue weighted by atomic mass is 9.79. The van der Waals surface area contributed by atoms with Gasteiger partial charge in [-0.1, -0.05) is 0 Å². The van der Waals surface area contributed by atoms with Gasteiger partial charge in [0.2, 0.25) is 5.91 Å². The second-order valence-electron chi connectivity index (χ2n) is 6.53. The van der Waals surface area contributed by atoms with E-state index in [4.69, 9.17) is 11.6 Å². The largest absolute Gasteiger partial charge is 0.369 e. The first-order valence-electron chi connectivity index (χ1n) is 8.14. The van der Waals surface area contributed by atoms with Gasteiger partial charge in [-0.3, -0.25) is 9.47 Å². The molecule has 22 heavy (non-hydrogen) atoms. The molecule has 1 aromatic heterocycles. The Bertz CT molecular complexity index is 581. The number of hydrogen-bond donors (Lipinski definition) is 3. The van der Waals surface area contributed by atoms with Gasteiger partial charge in [-0.05, 0) is 44.6 Å². The molecule has 1 saturated carbocycles. The topological polar surface area (TPSA) is 98.4 Å². The van der Waals surface area contributed by atoms with Crippen molar-refractivity contribution in [3.63, 3.8) is 0 Å². The smallest absolute Gasteiger partial charge is 0.249 e. The fourth-order valence-corrected chi connectivity index (χ4v) is 3.53. The molecule has 1 fully saturated rings. The van der Waals surface area contributed by atoms with Crippen LogP contribution in [0.5, 0.6) is 0 Å². The van der Waals surface area contributed by atoms with Gasteiger partial charge in [0.05, 0.1) is 5.71 Å². The fourth-order valence-electron chi connectivity index (χ4n) is 3.53. The summed E-state index contributed by atoms with van der Waals surface area (Å²) in [4.78, 5) is 16.9. The average molecular weight is 303 g/mol. The molecule has 0 saturated heterocycles. The minimum atomic E-state index is 0.0238. The Hall–Kier alpha value is -1.82. The van der Waals surface area contributed by atoms with E-state index in [0.29, 0.717) is 5.92 Å². The summed E-state index contributed by atoms with van der Waals surface area (Å²) >= 11 is 0. The number of nitrogens with one attached hydrogen (secondary N) is 1. The van der Waals surface area contributed by atoms with Gasteiger partial charge in [-0.2, -0.15) is 0 Å². The van der Waals surface area contributed by atoms with Gasteiger partial charge in [0.25, 0.3) is 0 Å². The van der Waals surface area contributed by atoms with Crippen molar-refractivity contribution >= 4 is 17.4 Å². The lowest BCUT2D eigenvalue weighted by Crippen LogP contribution is -2.32. The number of amides is 1. The highest BCUT2D eigenvalue weighted by molar-refractivity contribution is 6.11. The highest BCUT2D eigenvalue weighted by atomic mass is 16.1. The summed E-state index contributed by atoms with van der Waals surface area (Å²) in [5.74, 6) is 7.32. The highest BCUT2D eigenvalue weighted by Gasteiger charge is 2.28. The van der Waals surface area contributed by atoms with E-state index in [9.17, 15) is 4.79 Å². The Balaban J connectivity index is 1.70. The van der Waals surface area contributed by atoms with Crippen LogP contribution >= 0.6 is 0 Å². The zero-order valence-corrected chi connectivity index (χ0v) is 13.1. The third kappa shape index (κ3) is 2.88. The van der Waals surface area contributed by atoms with Crippen LogP contribution in [0.25, 0.3) is 0 Å². The van der Waals surface area contributed by atoms with Crippen molar-refractivity contribution in [2.75, 3.05) is 17.7 Å². The predicted molar refractivity (Wildman–Crippen MR) is 88.3 cm³/mol. The minimum Gasteiger partial charge on any atom is -0.369 e. The number of anilines is 1. The molecular weight excluding hydrogens is 278 g/mol. The van der Waals surface area contributed by atoms with Crippen molar-refractivity contribution in [1.82, 2.24) is 4.68 Å². The number of fused-ring (bicyclic) bond motifs is 1. The lowest BCUT2D eigenvalue weighted by Gasteiger charge is -2.29. The standard InChI is InChI=1S/C16H25N5O/c1-10(17)11-2-4-12(5-3-11)16(22)20-14-6-8-19-15-13(14)7-9-21(15)18/h7,9-12,19H,2-6,8,17-18H2,1H3. The van der Waals surface area contributed by atoms with Gasteiger partial charge >= 0.3 is 0 Å². The molecule has 1 amide bonds. The first-order valence-corrected chi connectivity index (χ1v) is 8.14. The van der Waals surface area contributed by atoms with Crippen LogP contribution < -0.4 is 16.9 Å². The molecule has 1 aliphatic carbocycles. The molecule has 0 aromatic carbocycles. The van der Waals surface area contributed by atoms with Gasteiger partial charge < -0.3 is 16.9 Å². The maximum Gasteiger partial charge on any atom is 0.249 e. The molecule has 0 radical (unpaired) electrons. The summed E-state index contributed by atoms with van der Waals surface area (Å²) in [7, 11) is 0. The van der Waals surface area contributed by atoms with Crippen LogP contribution in [0.2, 0.25) is 0 Å². The molecule has 1 unspecified atom stereocenters. The summed E-state index contributed by atoms with van der Waals surface area (Å²) in [5.41, 5.74) is 7.77. The zero-order valence-electron chi connectivity index (χ0n) is 13.1. The van der Waals surface area contributed by atoms with Crippen LogP contribution in [-0.2, 0) is 4.79 Å². The summed E-state index contributed by atoms with van der Waals surface area (Å²) in [6.45, 7) is 2.82. The normalized spacial score (nSPS) is 28.0. The summed E-state index contributed by atoms with van der Waals surface area (Å²) in [6.07, 6.45) is 6.43. The molecule has 1 atom stereocenters. The molecule has 3 rings (SSSR count). The molecule has 1 aromatic rings. The van der Waals surface area contributed by atoms with E-state index in [1.165, 1.54) is 0 Å². The fraction of sp³-hybridized carbons (Fsp3) is 0.625. The van der Waals surface area contributed by atoms with Crippen LogP contribution in [0, 0.1) is 11.8 Å². The number of carbonyl (C=O) groups is 1. The minimum absolute atomic E-state index is 0.0238. The Morgan fingerprint density at radius 3 is 2.82 bits per heavy atom. The Kier molecular flexibility index (Phi) is 4.20. The molecule has 2 aliphatic rings. The lowest BCUT2D eigenvalue weighted by molar-refractivity contribution is -0.122. The maximum atomic E-state index is 12.5. The molecule has 120 valence electrons. The molecule has 5 N–H and O–H groups in total. The van der Waals surface area contributed by atoms with Gasteiger partial charge in [0.1, 0.15) is 5.82 Å². The van der Waals surface area contributed by atoms with Crippen molar-refractivity contribution in [1.29, 1.82) is 0 Å². The molecule has 0 bridgehead atoms. The predicted octanol–water partition coefficient (Wildman–Crippen LogP) is 1.49. The molecular formula is C16H25N5O. The van der Waals surface area contributed by atoms with E-state index >= 15 is 0 Å². The quantitative estimate of drug-likeness (QED) is 0.721. The second kappa shape index (κ2) is 6.12. The van der Waals surface area contributed by atoms with Gasteiger partial charge in [-0.25, -0.2) is 4.99 Å². The van der Waals surface area contributed by atoms with Crippen molar-refractivity contribution in [3.8, 4) is 0 Å². The second-order valence-corrected chi connectivity index (χ2v) is 6.53. The van der Waals surface area contributed by atoms with E-state index in [1.807, 2.05) is 6.07 Å². The summed E-state index contributed by atoms with van der Waals surface area (Å²) < 4.78 is 1.54. The number of hydrogen-bond acceptors (Lipinski definition) is 4. The first-order chi connectivity index (χ1) is 10.6. The SMILES string of the molecule is CC(N)C1CCC(C(=O)N=C2CCNc3c2ccn3N)CC1. The molecule has 2 heterocycles. The van der Waals surface area contributed by atoms with Gasteiger partial charge in [0, 0.05) is 36.7 Å². The summed E-state index contributed by atoms with van der Waals surface area (Å²) in [5, 5.41) is 3.24. The molecule has 6 nitrogen and oxygen atoms in total. The van der Waals surface area contributed by atoms with Crippen LogP contribution in [0.3, 0.4) is 0 Å². The Labute approximate surface area is 130 Å². The zero-order chi connectivity index (χ0) is 15.7. The Morgan fingerprint density at radius 2 is 2.14 bits per heavy atom. The molecule has 6 heteroatoms. The van der Waals surface area contributed by atoms with E-state index < -0.39 is 0 Å². The first kappa shape index (κ1) is 15.1. The van der Waals surface area contributed by atoms with Crippen molar-refractivity contribution in [3.05, 3.63) is 17.8 Å². The van der Waals surface area contributed by atoms with E-state index in [2.05, 4.69) is 17.2 Å². The van der Waals surface area contributed by atoms with E-state index in [-0.39, 0.29) is 17.9 Å². The van der Waals surface area contributed by atoms with Crippen molar-refractivity contribution in [2.45, 2.75) is 45.1 Å². The number of aromatic nitrogens is 1. The van der Waals surface area contributed by atoms with E-state index in [1.54, 1.807) is 10.9 Å². The number of nitrogen functional groups attached to an aromatic ring is 1. The number of carbonyl (C=O) groups excluding carboxylic acids is 1. The third-order valence-electron chi connectivity index (χ3n) is 4.99. The Morgan fingerprint density at radius 1 is 1.41 bits per heavy atom. The van der Waals surface area contributed by atoms with E-state index in [0.717, 1.165) is 55.7 Å². The molecule has 0 spiro atoms. The third-order valence-corrected chi connectivity index (χ3v) is 4.99. The average Bonchev–Trinajstić information content (AvgIpc) is 2.90. The summed E-state index contributed by atoms with van der Waals surface area (Å²) in [6, 6.07) is 2.14. The van der Waals surface area contributed by atoms with Crippen LogP contribution in [0.1, 0.15) is 44.6 Å². The number of nitrogens with two attached hydrogens (primary N) is 2. The van der Waals surface area contributed by atoms with Gasteiger partial charge in [0.15, 0.2) is 0 Å². The highest BCUT2D eigenvalue weighted by Crippen LogP contribution is 2.31. The van der Waals surface area contributed by atoms with Crippen molar-refractivity contribution in [2.24, 2.45) is 22.6 Å². The van der Waals surface area contributed by atoms with Crippen LogP contribution in [-0.4, -0.2) is 28.9 Å². The maximum absolute atomic E-state index is 12.5. The molecule has 1 aliphatic heterocycles. The number of aliphatic imine (C=N–C) groups is 1.